The van der Waals surface area contributed by atoms with Crippen molar-refractivity contribution in [1.29, 1.82) is 5.26 Å². The molecule has 0 amide bonds. The van der Waals surface area contributed by atoms with E-state index in [1.165, 1.54) is 12.0 Å². The fourth-order valence-electron chi connectivity index (χ4n) is 2.93. The molecule has 0 saturated heterocycles. The Morgan fingerprint density at radius 1 is 1.38 bits per heavy atom. The fraction of sp³-hybridized carbons (Fsp3) is 0.611. The van der Waals surface area contributed by atoms with Gasteiger partial charge in [0.1, 0.15) is 11.9 Å². The number of benzene rings is 1. The van der Waals surface area contributed by atoms with Gasteiger partial charge in [-0.15, -0.1) is 0 Å². The van der Waals surface area contributed by atoms with Gasteiger partial charge in [0.15, 0.2) is 0 Å². The molecule has 114 valence electrons. The largest absolute Gasteiger partial charge is 0.489 e. The second kappa shape index (κ2) is 8.05. The van der Waals surface area contributed by atoms with E-state index in [4.69, 9.17) is 10.00 Å². The second-order valence-corrected chi connectivity index (χ2v) is 6.01. The number of hydrogen-bond donors (Lipinski definition) is 1. The number of nitrogens with one attached hydrogen (secondary N) is 1. The summed E-state index contributed by atoms with van der Waals surface area (Å²) in [5, 5.41) is 12.7. The van der Waals surface area contributed by atoms with E-state index >= 15 is 0 Å². The van der Waals surface area contributed by atoms with E-state index in [0.717, 1.165) is 38.0 Å². The molecular weight excluding hydrogens is 260 g/mol. The number of rotatable bonds is 6. The van der Waals surface area contributed by atoms with Crippen LogP contribution in [0.2, 0.25) is 0 Å². The van der Waals surface area contributed by atoms with Crippen LogP contribution in [0.4, 0.5) is 0 Å². The average molecular weight is 286 g/mol. The fourth-order valence-corrected chi connectivity index (χ4v) is 2.93. The summed E-state index contributed by atoms with van der Waals surface area (Å²) in [5.74, 6) is 1.21. The van der Waals surface area contributed by atoms with Crippen LogP contribution in [0.25, 0.3) is 0 Å². The maximum absolute atomic E-state index is 9.06. The lowest BCUT2D eigenvalue weighted by molar-refractivity contribution is 0.180. The summed E-state index contributed by atoms with van der Waals surface area (Å²) >= 11 is 0. The molecule has 0 heterocycles. The summed E-state index contributed by atoms with van der Waals surface area (Å²) in [5.41, 5.74) is 1.18. The highest BCUT2D eigenvalue weighted by Gasteiger charge is 2.22. The number of nitrogens with zero attached hydrogens (tertiary/aromatic N) is 1. The minimum atomic E-state index is 0.188. The lowest BCUT2D eigenvalue weighted by Crippen LogP contribution is -2.40. The molecule has 1 aliphatic rings. The highest BCUT2D eigenvalue weighted by molar-refractivity contribution is 5.31. The van der Waals surface area contributed by atoms with Crippen molar-refractivity contribution in [3.8, 4) is 11.8 Å². The molecule has 2 rings (SSSR count). The van der Waals surface area contributed by atoms with Gasteiger partial charge >= 0.3 is 0 Å². The van der Waals surface area contributed by atoms with Gasteiger partial charge in [0.25, 0.3) is 0 Å². The van der Waals surface area contributed by atoms with Crippen LogP contribution in [0.1, 0.15) is 44.6 Å². The second-order valence-electron chi connectivity index (χ2n) is 6.01. The molecule has 3 nitrogen and oxygen atoms in total. The number of para-hydroxylation sites is 1. The Morgan fingerprint density at radius 3 is 2.90 bits per heavy atom. The first kappa shape index (κ1) is 15.9. The monoisotopic (exact) mass is 286 g/mol. The van der Waals surface area contributed by atoms with Crippen LogP contribution < -0.4 is 10.1 Å². The van der Waals surface area contributed by atoms with Crippen LogP contribution in [0.3, 0.4) is 0 Å². The van der Waals surface area contributed by atoms with Gasteiger partial charge in [-0.3, -0.25) is 0 Å². The molecule has 1 aromatic rings. The molecule has 1 aromatic carbocycles. The van der Waals surface area contributed by atoms with Gasteiger partial charge in [-0.25, -0.2) is 0 Å². The summed E-state index contributed by atoms with van der Waals surface area (Å²) < 4.78 is 6.11. The van der Waals surface area contributed by atoms with Crippen molar-refractivity contribution in [2.24, 2.45) is 5.92 Å². The summed E-state index contributed by atoms with van der Waals surface area (Å²) in [6, 6.07) is 11.0. The van der Waals surface area contributed by atoms with Crippen molar-refractivity contribution in [2.75, 3.05) is 6.54 Å². The lowest BCUT2D eigenvalue weighted by Gasteiger charge is -2.28. The number of hydrogen-bond acceptors (Lipinski definition) is 3. The highest BCUT2D eigenvalue weighted by Crippen LogP contribution is 2.24. The Balaban J connectivity index is 1.83. The Morgan fingerprint density at radius 2 is 2.19 bits per heavy atom. The van der Waals surface area contributed by atoms with Gasteiger partial charge in [-0.05, 0) is 44.2 Å². The summed E-state index contributed by atoms with van der Waals surface area (Å²) in [7, 11) is 0. The molecule has 0 radical (unpaired) electrons. The third kappa shape index (κ3) is 4.75. The zero-order chi connectivity index (χ0) is 15.1. The SMILES string of the molecule is CC[C@H](CN[C@@H]1CCC[C@@H](C#N)C1)Oc1ccccc1C. The zero-order valence-corrected chi connectivity index (χ0v) is 13.1. The molecule has 0 unspecified atom stereocenters. The number of ether oxygens (including phenoxy) is 1. The van der Waals surface area contributed by atoms with Crippen molar-refractivity contribution in [1.82, 2.24) is 5.32 Å². The third-order valence-corrected chi connectivity index (χ3v) is 4.33. The third-order valence-electron chi connectivity index (χ3n) is 4.33. The molecule has 3 heteroatoms. The van der Waals surface area contributed by atoms with Crippen molar-refractivity contribution >= 4 is 0 Å². The number of nitriles is 1. The van der Waals surface area contributed by atoms with Crippen molar-refractivity contribution in [3.05, 3.63) is 29.8 Å². The molecule has 1 N–H and O–H groups in total. The predicted molar refractivity (Wildman–Crippen MR) is 85.2 cm³/mol. The van der Waals surface area contributed by atoms with Gasteiger partial charge in [0.05, 0.1) is 6.07 Å². The van der Waals surface area contributed by atoms with Crippen molar-refractivity contribution in [2.45, 2.75) is 58.1 Å². The maximum atomic E-state index is 9.06. The summed E-state index contributed by atoms with van der Waals surface area (Å²) in [6.07, 6.45) is 5.55. The Bertz CT molecular complexity index is 480. The topological polar surface area (TPSA) is 45.0 Å². The normalized spacial score (nSPS) is 23.3. The van der Waals surface area contributed by atoms with Crippen LogP contribution in [-0.2, 0) is 0 Å². The van der Waals surface area contributed by atoms with Crippen molar-refractivity contribution < 1.29 is 4.74 Å². The molecule has 0 aliphatic heterocycles. The van der Waals surface area contributed by atoms with Crippen LogP contribution in [0, 0.1) is 24.2 Å². The minimum absolute atomic E-state index is 0.188. The smallest absolute Gasteiger partial charge is 0.122 e. The van der Waals surface area contributed by atoms with Crippen LogP contribution in [-0.4, -0.2) is 18.7 Å². The minimum Gasteiger partial charge on any atom is -0.489 e. The lowest BCUT2D eigenvalue weighted by atomic mass is 9.86. The van der Waals surface area contributed by atoms with Gasteiger partial charge in [-0.1, -0.05) is 31.5 Å². The van der Waals surface area contributed by atoms with E-state index in [9.17, 15) is 0 Å². The Kier molecular flexibility index (Phi) is 6.07. The molecule has 21 heavy (non-hydrogen) atoms. The van der Waals surface area contributed by atoms with E-state index in [0.29, 0.717) is 6.04 Å². The number of aryl methyl sites for hydroxylation is 1. The van der Waals surface area contributed by atoms with E-state index in [1.807, 2.05) is 18.2 Å². The predicted octanol–water partition coefficient (Wildman–Crippen LogP) is 3.82. The highest BCUT2D eigenvalue weighted by atomic mass is 16.5. The van der Waals surface area contributed by atoms with E-state index in [-0.39, 0.29) is 12.0 Å². The molecule has 0 bridgehead atoms. The molecule has 1 saturated carbocycles. The first-order valence-electron chi connectivity index (χ1n) is 8.08. The molecule has 0 aromatic heterocycles. The summed E-state index contributed by atoms with van der Waals surface area (Å²) in [4.78, 5) is 0. The van der Waals surface area contributed by atoms with Crippen LogP contribution >= 0.6 is 0 Å². The van der Waals surface area contributed by atoms with Crippen LogP contribution in [0.5, 0.6) is 5.75 Å². The quantitative estimate of drug-likeness (QED) is 0.864. The molecular formula is C18H26N2O. The molecule has 3 atom stereocenters. The molecule has 1 fully saturated rings. The first-order chi connectivity index (χ1) is 10.2. The van der Waals surface area contributed by atoms with E-state index < -0.39 is 0 Å². The molecule has 1 aliphatic carbocycles. The zero-order valence-electron chi connectivity index (χ0n) is 13.1. The first-order valence-corrected chi connectivity index (χ1v) is 8.08. The van der Waals surface area contributed by atoms with Gasteiger partial charge in [-0.2, -0.15) is 5.26 Å². The summed E-state index contributed by atoms with van der Waals surface area (Å²) in [6.45, 7) is 5.09. The standard InChI is InChI=1S/C18H26N2O/c1-3-17(21-18-10-5-4-7-14(18)2)13-20-16-9-6-8-15(11-16)12-19/h4-5,7,10,15-17,20H,3,6,8-9,11,13H2,1-2H3/t15-,16-,17-/m1/s1. The van der Waals surface area contributed by atoms with E-state index in [2.05, 4.69) is 31.3 Å². The van der Waals surface area contributed by atoms with E-state index in [1.54, 1.807) is 0 Å². The average Bonchev–Trinajstić information content (AvgIpc) is 2.53. The van der Waals surface area contributed by atoms with Crippen molar-refractivity contribution in [3.63, 3.8) is 0 Å². The maximum Gasteiger partial charge on any atom is 0.122 e. The molecule has 0 spiro atoms. The Hall–Kier alpha value is -1.53. The van der Waals surface area contributed by atoms with Gasteiger partial charge in [0.2, 0.25) is 0 Å². The van der Waals surface area contributed by atoms with Crippen LogP contribution in [0.15, 0.2) is 24.3 Å². The van der Waals surface area contributed by atoms with Gasteiger partial charge in [0, 0.05) is 18.5 Å². The Labute approximate surface area is 128 Å². The van der Waals surface area contributed by atoms with Gasteiger partial charge < -0.3 is 10.1 Å².